The molecule has 0 atom stereocenters. The fourth-order valence-corrected chi connectivity index (χ4v) is 1.71. The van der Waals surface area contributed by atoms with E-state index in [2.05, 4.69) is 9.97 Å². The summed E-state index contributed by atoms with van der Waals surface area (Å²) in [6, 6.07) is 5.61. The van der Waals surface area contributed by atoms with Crippen molar-refractivity contribution < 1.29 is 5.11 Å². The molecule has 3 heteroatoms. The number of rotatable bonds is 1. The molecule has 0 fully saturated rings. The molecule has 82 valence electrons. The molecule has 3 nitrogen and oxygen atoms in total. The van der Waals surface area contributed by atoms with Gasteiger partial charge in [0, 0.05) is 11.9 Å². The molecule has 0 aromatic carbocycles. The van der Waals surface area contributed by atoms with Gasteiger partial charge in [-0.3, -0.25) is 9.97 Å². The molecular weight excluding hydrogens is 200 g/mol. The molecule has 16 heavy (non-hydrogen) atoms. The molecule has 0 spiro atoms. The number of aromatic nitrogens is 2. The van der Waals surface area contributed by atoms with Gasteiger partial charge in [-0.25, -0.2) is 0 Å². The van der Waals surface area contributed by atoms with Crippen molar-refractivity contribution in [3.8, 4) is 17.1 Å². The van der Waals surface area contributed by atoms with Gasteiger partial charge in [0.1, 0.15) is 11.4 Å². The van der Waals surface area contributed by atoms with Gasteiger partial charge in [0.15, 0.2) is 0 Å². The topological polar surface area (TPSA) is 46.0 Å². The maximum atomic E-state index is 9.82. The van der Waals surface area contributed by atoms with Gasteiger partial charge in [-0.1, -0.05) is 0 Å². The molecule has 0 radical (unpaired) electrons. The molecule has 0 aliphatic heterocycles. The fourth-order valence-electron chi connectivity index (χ4n) is 1.71. The van der Waals surface area contributed by atoms with E-state index in [4.69, 9.17) is 0 Å². The van der Waals surface area contributed by atoms with Gasteiger partial charge < -0.3 is 5.11 Å². The van der Waals surface area contributed by atoms with Crippen molar-refractivity contribution in [3.05, 3.63) is 41.2 Å². The summed E-state index contributed by atoms with van der Waals surface area (Å²) in [5.74, 6) is 0.178. The minimum atomic E-state index is 0.178. The van der Waals surface area contributed by atoms with Gasteiger partial charge in [-0.2, -0.15) is 0 Å². The van der Waals surface area contributed by atoms with E-state index in [1.54, 1.807) is 12.3 Å². The van der Waals surface area contributed by atoms with Crippen molar-refractivity contribution in [2.24, 2.45) is 0 Å². The smallest absolute Gasteiger partial charge is 0.143 e. The van der Waals surface area contributed by atoms with Crippen LogP contribution in [0.1, 0.15) is 16.8 Å². The van der Waals surface area contributed by atoms with Gasteiger partial charge in [0.2, 0.25) is 0 Å². The third kappa shape index (κ3) is 2.03. The molecule has 0 aliphatic carbocycles. The van der Waals surface area contributed by atoms with Crippen molar-refractivity contribution in [2.75, 3.05) is 0 Å². The summed E-state index contributed by atoms with van der Waals surface area (Å²) >= 11 is 0. The van der Waals surface area contributed by atoms with Crippen LogP contribution in [0.2, 0.25) is 0 Å². The first-order chi connectivity index (χ1) is 7.56. The van der Waals surface area contributed by atoms with Crippen LogP contribution in [0.25, 0.3) is 11.4 Å². The van der Waals surface area contributed by atoms with E-state index in [1.807, 2.05) is 32.9 Å². The van der Waals surface area contributed by atoms with Crippen molar-refractivity contribution in [1.82, 2.24) is 9.97 Å². The minimum absolute atomic E-state index is 0.178. The van der Waals surface area contributed by atoms with Crippen LogP contribution < -0.4 is 0 Å². The van der Waals surface area contributed by atoms with E-state index in [0.717, 1.165) is 22.5 Å². The highest BCUT2D eigenvalue weighted by Crippen LogP contribution is 2.26. The first kappa shape index (κ1) is 10.6. The van der Waals surface area contributed by atoms with Gasteiger partial charge >= 0.3 is 0 Å². The van der Waals surface area contributed by atoms with Crippen molar-refractivity contribution >= 4 is 0 Å². The quantitative estimate of drug-likeness (QED) is 0.794. The Balaban J connectivity index is 2.58. The number of nitrogens with zero attached hydrogens (tertiary/aromatic N) is 2. The minimum Gasteiger partial charge on any atom is -0.506 e. The Morgan fingerprint density at radius 2 is 1.75 bits per heavy atom. The van der Waals surface area contributed by atoms with Crippen LogP contribution in [0.15, 0.2) is 24.4 Å². The lowest BCUT2D eigenvalue weighted by atomic mass is 10.1. The first-order valence-electron chi connectivity index (χ1n) is 5.17. The second-order valence-electron chi connectivity index (χ2n) is 4.05. The number of hydrogen-bond donors (Lipinski definition) is 1. The Kier molecular flexibility index (Phi) is 2.60. The third-order valence-electron chi connectivity index (χ3n) is 2.34. The van der Waals surface area contributed by atoms with Crippen LogP contribution in [0.5, 0.6) is 5.75 Å². The number of aryl methyl sites for hydroxylation is 3. The van der Waals surface area contributed by atoms with Crippen molar-refractivity contribution in [1.29, 1.82) is 0 Å². The zero-order valence-electron chi connectivity index (χ0n) is 9.65. The van der Waals surface area contributed by atoms with E-state index in [0.29, 0.717) is 5.69 Å². The summed E-state index contributed by atoms with van der Waals surface area (Å²) in [5.41, 5.74) is 4.24. The average Bonchev–Trinajstić information content (AvgIpc) is 2.15. The number of pyridine rings is 2. The summed E-state index contributed by atoms with van der Waals surface area (Å²) in [6.45, 7) is 5.83. The molecule has 2 aromatic rings. The largest absolute Gasteiger partial charge is 0.506 e. The van der Waals surface area contributed by atoms with E-state index in [-0.39, 0.29) is 5.75 Å². The van der Waals surface area contributed by atoms with Crippen LogP contribution in [0, 0.1) is 20.8 Å². The lowest BCUT2D eigenvalue weighted by Crippen LogP contribution is -1.92. The standard InChI is InChI=1S/C13H14N2O/c1-8-4-10(3)15-11(5-8)13-12(16)6-9(2)7-14-13/h4-7,16H,1-3H3. The Labute approximate surface area is 94.8 Å². The molecule has 0 saturated heterocycles. The highest BCUT2D eigenvalue weighted by Gasteiger charge is 2.08. The van der Waals surface area contributed by atoms with Crippen molar-refractivity contribution in [2.45, 2.75) is 20.8 Å². The third-order valence-corrected chi connectivity index (χ3v) is 2.34. The Hall–Kier alpha value is -1.90. The molecule has 2 heterocycles. The second-order valence-corrected chi connectivity index (χ2v) is 4.05. The van der Waals surface area contributed by atoms with Crippen LogP contribution >= 0.6 is 0 Å². The molecule has 2 aromatic heterocycles. The zero-order valence-corrected chi connectivity index (χ0v) is 9.65. The molecule has 0 unspecified atom stereocenters. The highest BCUT2D eigenvalue weighted by atomic mass is 16.3. The maximum Gasteiger partial charge on any atom is 0.143 e. The van der Waals surface area contributed by atoms with E-state index < -0.39 is 0 Å². The molecule has 0 amide bonds. The molecular formula is C13H14N2O. The Morgan fingerprint density at radius 3 is 2.38 bits per heavy atom. The highest BCUT2D eigenvalue weighted by molar-refractivity contribution is 5.63. The summed E-state index contributed by atoms with van der Waals surface area (Å²) in [4.78, 5) is 8.59. The van der Waals surface area contributed by atoms with E-state index >= 15 is 0 Å². The van der Waals surface area contributed by atoms with E-state index in [9.17, 15) is 5.11 Å². The summed E-state index contributed by atoms with van der Waals surface area (Å²) in [7, 11) is 0. The van der Waals surface area contributed by atoms with Crippen LogP contribution in [-0.2, 0) is 0 Å². The van der Waals surface area contributed by atoms with Gasteiger partial charge in [0.25, 0.3) is 0 Å². The first-order valence-corrected chi connectivity index (χ1v) is 5.17. The van der Waals surface area contributed by atoms with E-state index in [1.165, 1.54) is 0 Å². The maximum absolute atomic E-state index is 9.82. The summed E-state index contributed by atoms with van der Waals surface area (Å²) in [5, 5.41) is 9.82. The van der Waals surface area contributed by atoms with Crippen LogP contribution in [-0.4, -0.2) is 15.1 Å². The number of aromatic hydroxyl groups is 1. The van der Waals surface area contributed by atoms with Gasteiger partial charge in [-0.15, -0.1) is 0 Å². The fraction of sp³-hybridized carbons (Fsp3) is 0.231. The predicted octanol–water partition coefficient (Wildman–Crippen LogP) is 2.77. The number of hydrogen-bond acceptors (Lipinski definition) is 3. The van der Waals surface area contributed by atoms with Crippen LogP contribution in [0.4, 0.5) is 0 Å². The Bertz CT molecular complexity index is 515. The molecule has 0 saturated carbocycles. The molecule has 2 rings (SSSR count). The molecule has 1 N–H and O–H groups in total. The SMILES string of the molecule is Cc1cc(C)nc(-c2ncc(C)cc2O)c1. The average molecular weight is 214 g/mol. The monoisotopic (exact) mass is 214 g/mol. The Morgan fingerprint density at radius 1 is 1.00 bits per heavy atom. The van der Waals surface area contributed by atoms with Crippen LogP contribution in [0.3, 0.4) is 0 Å². The van der Waals surface area contributed by atoms with Gasteiger partial charge in [0.05, 0.1) is 5.69 Å². The lowest BCUT2D eigenvalue weighted by Gasteiger charge is -2.06. The predicted molar refractivity (Wildman–Crippen MR) is 63.3 cm³/mol. The molecule has 0 aliphatic rings. The van der Waals surface area contributed by atoms with Crippen molar-refractivity contribution in [3.63, 3.8) is 0 Å². The van der Waals surface area contributed by atoms with Gasteiger partial charge in [-0.05, 0) is 50.1 Å². The zero-order chi connectivity index (χ0) is 11.7. The lowest BCUT2D eigenvalue weighted by molar-refractivity contribution is 0.474. The molecule has 0 bridgehead atoms. The second kappa shape index (κ2) is 3.93. The summed E-state index contributed by atoms with van der Waals surface area (Å²) in [6.07, 6.45) is 1.73. The summed E-state index contributed by atoms with van der Waals surface area (Å²) < 4.78 is 0. The normalized spacial score (nSPS) is 10.4.